The predicted molar refractivity (Wildman–Crippen MR) is 118 cm³/mol. The second-order valence-electron chi connectivity index (χ2n) is 6.53. The molecular formula is C21H19BrN2O4S. The summed E-state index contributed by atoms with van der Waals surface area (Å²) in [6.45, 7) is 3.52. The number of imide groups is 1. The van der Waals surface area contributed by atoms with Gasteiger partial charge in [-0.25, -0.2) is 0 Å². The number of aryl methyl sites for hydroxylation is 2. The number of nitrogens with zero attached hydrogens (tertiary/aromatic N) is 1. The standard InChI is InChI=1S/C21H19BrN2O4S/c1-12-4-6-16(13(2)8-12)23-19(25)11-24-20(26)18(29-21(24)27)10-14-5-7-17(28-3)15(22)9-14/h4-10H,11H2,1-3H3,(H,23,25)/b18-10+. The highest BCUT2D eigenvalue weighted by molar-refractivity contribution is 9.10. The second-order valence-corrected chi connectivity index (χ2v) is 8.38. The predicted octanol–water partition coefficient (Wildman–Crippen LogP) is 4.75. The molecule has 1 fully saturated rings. The topological polar surface area (TPSA) is 75.7 Å². The highest BCUT2D eigenvalue weighted by Crippen LogP contribution is 2.33. The molecule has 0 bridgehead atoms. The number of anilines is 1. The minimum atomic E-state index is -0.484. The lowest BCUT2D eigenvalue weighted by atomic mass is 10.1. The third-order valence-corrected chi connectivity index (χ3v) is 5.83. The lowest BCUT2D eigenvalue weighted by molar-refractivity contribution is -0.127. The molecule has 1 heterocycles. The summed E-state index contributed by atoms with van der Waals surface area (Å²) in [5.41, 5.74) is 3.40. The van der Waals surface area contributed by atoms with Crippen molar-refractivity contribution in [2.75, 3.05) is 19.0 Å². The fraction of sp³-hybridized carbons (Fsp3) is 0.190. The van der Waals surface area contributed by atoms with Crippen molar-refractivity contribution in [1.29, 1.82) is 0 Å². The summed E-state index contributed by atoms with van der Waals surface area (Å²) in [6, 6.07) is 11.0. The summed E-state index contributed by atoms with van der Waals surface area (Å²) in [6.07, 6.45) is 1.62. The Balaban J connectivity index is 1.71. The van der Waals surface area contributed by atoms with E-state index in [0.717, 1.165) is 37.8 Å². The minimum absolute atomic E-state index is 0.270. The van der Waals surface area contributed by atoms with Crippen molar-refractivity contribution in [1.82, 2.24) is 4.90 Å². The van der Waals surface area contributed by atoms with Gasteiger partial charge in [0.25, 0.3) is 11.1 Å². The molecule has 0 saturated carbocycles. The summed E-state index contributed by atoms with van der Waals surface area (Å²) in [4.78, 5) is 38.5. The molecule has 1 N–H and O–H groups in total. The number of benzene rings is 2. The molecule has 0 aliphatic carbocycles. The van der Waals surface area contributed by atoms with Crippen LogP contribution in [-0.4, -0.2) is 35.6 Å². The number of hydrogen-bond donors (Lipinski definition) is 1. The third-order valence-electron chi connectivity index (χ3n) is 4.30. The number of thioether (sulfide) groups is 1. The lowest BCUT2D eigenvalue weighted by Crippen LogP contribution is -2.36. The van der Waals surface area contributed by atoms with Crippen molar-refractivity contribution < 1.29 is 19.1 Å². The van der Waals surface area contributed by atoms with E-state index in [1.807, 2.05) is 26.0 Å². The molecule has 6 nitrogen and oxygen atoms in total. The Morgan fingerprint density at radius 2 is 1.97 bits per heavy atom. The number of carbonyl (C=O) groups excluding carboxylic acids is 3. The molecule has 0 spiro atoms. The Morgan fingerprint density at radius 1 is 1.21 bits per heavy atom. The molecule has 0 atom stereocenters. The Hall–Kier alpha value is -2.58. The van der Waals surface area contributed by atoms with Crippen LogP contribution in [0.5, 0.6) is 5.75 Å². The van der Waals surface area contributed by atoms with Gasteiger partial charge in [-0.15, -0.1) is 0 Å². The molecule has 2 aromatic carbocycles. The van der Waals surface area contributed by atoms with Gasteiger partial charge in [-0.3, -0.25) is 19.3 Å². The summed E-state index contributed by atoms with van der Waals surface area (Å²) in [7, 11) is 1.56. The molecule has 1 aliphatic rings. The van der Waals surface area contributed by atoms with Gasteiger partial charge in [-0.2, -0.15) is 0 Å². The first-order valence-corrected chi connectivity index (χ1v) is 10.4. The van der Waals surface area contributed by atoms with Gasteiger partial charge in [-0.1, -0.05) is 23.8 Å². The Morgan fingerprint density at radius 3 is 2.62 bits per heavy atom. The van der Waals surface area contributed by atoms with E-state index in [-0.39, 0.29) is 11.4 Å². The maximum atomic E-state index is 12.6. The molecule has 0 unspecified atom stereocenters. The van der Waals surface area contributed by atoms with Crippen molar-refractivity contribution >= 4 is 56.5 Å². The van der Waals surface area contributed by atoms with Gasteiger partial charge in [0.15, 0.2) is 0 Å². The molecule has 0 radical (unpaired) electrons. The molecule has 3 amide bonds. The third kappa shape index (κ3) is 4.89. The summed E-state index contributed by atoms with van der Waals surface area (Å²) < 4.78 is 5.92. The van der Waals surface area contributed by atoms with Crippen LogP contribution in [0.1, 0.15) is 16.7 Å². The molecule has 8 heteroatoms. The van der Waals surface area contributed by atoms with Gasteiger partial charge in [0.05, 0.1) is 16.5 Å². The van der Waals surface area contributed by atoms with Crippen molar-refractivity contribution in [3.05, 3.63) is 62.5 Å². The van der Waals surface area contributed by atoms with E-state index in [4.69, 9.17) is 4.74 Å². The average molecular weight is 475 g/mol. The monoisotopic (exact) mass is 474 g/mol. The number of ether oxygens (including phenoxy) is 1. The molecule has 1 aliphatic heterocycles. The molecule has 3 rings (SSSR count). The number of amides is 3. The zero-order valence-corrected chi connectivity index (χ0v) is 18.5. The molecular weight excluding hydrogens is 456 g/mol. The largest absolute Gasteiger partial charge is 0.496 e. The maximum absolute atomic E-state index is 12.6. The van der Waals surface area contributed by atoms with Gasteiger partial charge in [0.2, 0.25) is 5.91 Å². The van der Waals surface area contributed by atoms with Crippen LogP contribution in [0.25, 0.3) is 6.08 Å². The highest BCUT2D eigenvalue weighted by atomic mass is 79.9. The molecule has 29 heavy (non-hydrogen) atoms. The first-order chi connectivity index (χ1) is 13.8. The molecule has 1 saturated heterocycles. The first kappa shape index (κ1) is 21.1. The quantitative estimate of drug-likeness (QED) is 0.632. The van der Waals surface area contributed by atoms with E-state index in [0.29, 0.717) is 11.4 Å². The Kier molecular flexibility index (Phi) is 6.44. The number of hydrogen-bond acceptors (Lipinski definition) is 5. The van der Waals surface area contributed by atoms with Crippen LogP contribution in [0.2, 0.25) is 0 Å². The average Bonchev–Trinajstić information content (AvgIpc) is 2.91. The van der Waals surface area contributed by atoms with Crippen molar-refractivity contribution in [3.8, 4) is 5.75 Å². The summed E-state index contributed by atoms with van der Waals surface area (Å²) in [5.74, 6) is -0.242. The van der Waals surface area contributed by atoms with E-state index >= 15 is 0 Å². The van der Waals surface area contributed by atoms with E-state index in [2.05, 4.69) is 21.2 Å². The van der Waals surface area contributed by atoms with E-state index in [1.165, 1.54) is 0 Å². The van der Waals surface area contributed by atoms with Crippen LogP contribution in [0.15, 0.2) is 45.8 Å². The zero-order valence-electron chi connectivity index (χ0n) is 16.1. The van der Waals surface area contributed by atoms with Crippen LogP contribution in [0.3, 0.4) is 0 Å². The van der Waals surface area contributed by atoms with Crippen LogP contribution >= 0.6 is 27.7 Å². The number of carbonyl (C=O) groups is 3. The zero-order chi connectivity index (χ0) is 21.1. The Bertz CT molecular complexity index is 1040. The minimum Gasteiger partial charge on any atom is -0.496 e. The normalized spacial score (nSPS) is 15.2. The van der Waals surface area contributed by atoms with Gasteiger partial charge in [0, 0.05) is 5.69 Å². The first-order valence-electron chi connectivity index (χ1n) is 8.74. The Labute approximate surface area is 181 Å². The van der Waals surface area contributed by atoms with Crippen LogP contribution in [0.4, 0.5) is 10.5 Å². The smallest absolute Gasteiger partial charge is 0.294 e. The molecule has 150 valence electrons. The molecule has 2 aromatic rings. The highest BCUT2D eigenvalue weighted by Gasteiger charge is 2.36. The number of halogens is 1. The van der Waals surface area contributed by atoms with Gasteiger partial charge >= 0.3 is 0 Å². The van der Waals surface area contributed by atoms with Crippen molar-refractivity contribution in [2.45, 2.75) is 13.8 Å². The lowest BCUT2D eigenvalue weighted by Gasteiger charge is -2.14. The number of rotatable bonds is 5. The second kappa shape index (κ2) is 8.84. The van der Waals surface area contributed by atoms with Gasteiger partial charge in [0.1, 0.15) is 12.3 Å². The van der Waals surface area contributed by atoms with E-state index < -0.39 is 17.1 Å². The van der Waals surface area contributed by atoms with Crippen molar-refractivity contribution in [3.63, 3.8) is 0 Å². The van der Waals surface area contributed by atoms with Crippen molar-refractivity contribution in [2.24, 2.45) is 0 Å². The van der Waals surface area contributed by atoms with E-state index in [9.17, 15) is 14.4 Å². The fourth-order valence-corrected chi connectivity index (χ4v) is 4.24. The number of nitrogens with one attached hydrogen (secondary N) is 1. The van der Waals surface area contributed by atoms with Crippen LogP contribution in [-0.2, 0) is 9.59 Å². The van der Waals surface area contributed by atoms with Crippen LogP contribution < -0.4 is 10.1 Å². The van der Waals surface area contributed by atoms with Gasteiger partial charge < -0.3 is 10.1 Å². The maximum Gasteiger partial charge on any atom is 0.294 e. The van der Waals surface area contributed by atoms with Crippen LogP contribution in [0, 0.1) is 13.8 Å². The fourth-order valence-electron chi connectivity index (χ4n) is 2.85. The summed E-state index contributed by atoms with van der Waals surface area (Å²) >= 11 is 4.21. The number of methoxy groups -OCH3 is 1. The van der Waals surface area contributed by atoms with Gasteiger partial charge in [-0.05, 0) is 76.9 Å². The van der Waals surface area contributed by atoms with E-state index in [1.54, 1.807) is 37.5 Å². The summed E-state index contributed by atoms with van der Waals surface area (Å²) in [5, 5.41) is 2.29. The SMILES string of the molecule is COc1ccc(/C=C2/SC(=O)N(CC(=O)Nc3ccc(C)cc3C)C2=O)cc1Br. The molecule has 0 aromatic heterocycles.